The van der Waals surface area contributed by atoms with Gasteiger partial charge in [0.15, 0.2) is 0 Å². The third kappa shape index (κ3) is 5.37. The van der Waals surface area contributed by atoms with Gasteiger partial charge in [0.2, 0.25) is 5.92 Å². The van der Waals surface area contributed by atoms with Crippen LogP contribution in [0.4, 0.5) is 24.2 Å². The molecule has 10 nitrogen and oxygen atoms in total. The van der Waals surface area contributed by atoms with E-state index in [1.807, 2.05) is 13.2 Å². The topological polar surface area (TPSA) is 105 Å². The van der Waals surface area contributed by atoms with Crippen LogP contribution in [0.5, 0.6) is 11.5 Å². The Hall–Kier alpha value is -4.09. The Balaban J connectivity index is 1.21. The van der Waals surface area contributed by atoms with E-state index in [4.69, 9.17) is 4.74 Å². The van der Waals surface area contributed by atoms with Crippen molar-refractivity contribution in [3.63, 3.8) is 0 Å². The number of imide groups is 1. The second-order valence-electron chi connectivity index (χ2n) is 9.31. The Morgan fingerprint density at radius 2 is 1.97 bits per heavy atom. The maximum absolute atomic E-state index is 13.5. The summed E-state index contributed by atoms with van der Waals surface area (Å²) in [5.41, 5.74) is 2.11. The number of ether oxygens (including phenoxy) is 1. The molecule has 194 valence electrons. The van der Waals surface area contributed by atoms with Gasteiger partial charge in [0, 0.05) is 63.0 Å². The average Bonchev–Trinajstić information content (AvgIpc) is 3.47. The van der Waals surface area contributed by atoms with Gasteiger partial charge in [-0.3, -0.25) is 15.0 Å². The van der Waals surface area contributed by atoms with Crippen molar-refractivity contribution in [3.8, 4) is 22.8 Å². The molecule has 4 heterocycles. The van der Waals surface area contributed by atoms with Gasteiger partial charge in [-0.25, -0.2) is 28.3 Å². The molecule has 37 heavy (non-hydrogen) atoms. The van der Waals surface area contributed by atoms with Crippen molar-refractivity contribution in [2.24, 2.45) is 7.05 Å². The van der Waals surface area contributed by atoms with Gasteiger partial charge >= 0.3 is 12.1 Å². The molecule has 1 aliphatic heterocycles. The van der Waals surface area contributed by atoms with Crippen LogP contribution in [-0.2, 0) is 7.05 Å². The van der Waals surface area contributed by atoms with Crippen molar-refractivity contribution in [1.29, 1.82) is 0 Å². The molecule has 12 heteroatoms. The van der Waals surface area contributed by atoms with E-state index in [2.05, 4.69) is 20.4 Å². The molecule has 5 rings (SSSR count). The minimum Gasteiger partial charge on any atom is -0.455 e. The molecule has 2 fully saturated rings. The minimum atomic E-state index is -2.67. The monoisotopic (exact) mass is 511 g/mol. The fourth-order valence-corrected chi connectivity index (χ4v) is 4.63. The molecule has 2 aliphatic rings. The second-order valence-corrected chi connectivity index (χ2v) is 9.31. The molecule has 0 spiro atoms. The zero-order chi connectivity index (χ0) is 26.2. The van der Waals surface area contributed by atoms with Crippen LogP contribution in [0, 0.1) is 6.92 Å². The van der Waals surface area contributed by atoms with E-state index in [1.165, 1.54) is 4.90 Å². The molecule has 1 saturated heterocycles. The van der Waals surface area contributed by atoms with E-state index in [-0.39, 0.29) is 44.1 Å². The van der Waals surface area contributed by atoms with E-state index < -0.39 is 18.0 Å². The third-order valence-electron chi connectivity index (χ3n) is 6.65. The van der Waals surface area contributed by atoms with E-state index in [1.54, 1.807) is 48.3 Å². The van der Waals surface area contributed by atoms with Crippen LogP contribution in [-0.4, -0.2) is 66.7 Å². The molecule has 3 aromatic rings. The summed E-state index contributed by atoms with van der Waals surface area (Å²) in [5, 5.41) is 6.81. The van der Waals surface area contributed by atoms with Crippen LogP contribution >= 0.6 is 0 Å². The van der Waals surface area contributed by atoms with Gasteiger partial charge in [-0.15, -0.1) is 0 Å². The zero-order valence-corrected chi connectivity index (χ0v) is 20.5. The lowest BCUT2D eigenvalue weighted by Crippen LogP contribution is -2.45. The third-order valence-corrected chi connectivity index (χ3v) is 6.65. The van der Waals surface area contributed by atoms with Crippen LogP contribution in [0.2, 0.25) is 0 Å². The standard InChI is InChI=1S/C25H27F2N7O3/c1-16-21(37-19-7-10-28-20(13-19)17-14-29-32(2)15-17)3-4-22(30-16)31-23(35)34-12-11-33(24(34)36)18-5-8-25(26,27)9-6-18/h3-4,7,10,13-15,18H,5-6,8-9,11-12H2,1-2H3,(H,30,31,35). The number of pyridine rings is 2. The number of anilines is 1. The number of halogens is 2. The maximum Gasteiger partial charge on any atom is 0.331 e. The summed E-state index contributed by atoms with van der Waals surface area (Å²) >= 11 is 0. The Bertz CT molecular complexity index is 1320. The number of carbonyl (C=O) groups excluding carboxylic acids is 2. The number of nitrogens with zero attached hydrogens (tertiary/aromatic N) is 6. The highest BCUT2D eigenvalue weighted by Gasteiger charge is 2.42. The number of nitrogens with one attached hydrogen (secondary N) is 1. The predicted octanol–water partition coefficient (Wildman–Crippen LogP) is 4.83. The SMILES string of the molecule is Cc1nc(NC(=O)N2CCN(C3CCC(F)(F)CC3)C2=O)ccc1Oc1ccnc(-c2cnn(C)c2)c1. The van der Waals surface area contributed by atoms with Crippen LogP contribution < -0.4 is 10.1 Å². The lowest BCUT2D eigenvalue weighted by molar-refractivity contribution is -0.0483. The summed E-state index contributed by atoms with van der Waals surface area (Å²) < 4.78 is 34.6. The van der Waals surface area contributed by atoms with Gasteiger partial charge < -0.3 is 9.64 Å². The van der Waals surface area contributed by atoms with E-state index in [0.717, 1.165) is 10.5 Å². The van der Waals surface area contributed by atoms with Gasteiger partial charge in [0.1, 0.15) is 17.3 Å². The second kappa shape index (κ2) is 9.75. The summed E-state index contributed by atoms with van der Waals surface area (Å²) in [4.78, 5) is 36.9. The quantitative estimate of drug-likeness (QED) is 0.526. The van der Waals surface area contributed by atoms with Crippen molar-refractivity contribution in [2.45, 2.75) is 44.6 Å². The maximum atomic E-state index is 13.5. The fraction of sp³-hybridized carbons (Fsp3) is 0.400. The number of aromatic nitrogens is 4. The molecule has 4 amide bonds. The minimum absolute atomic E-state index is 0.193. The molecule has 0 bridgehead atoms. The molecule has 0 radical (unpaired) electrons. The van der Waals surface area contributed by atoms with E-state index in [0.29, 0.717) is 29.4 Å². The van der Waals surface area contributed by atoms with Gasteiger partial charge in [-0.2, -0.15) is 5.10 Å². The Morgan fingerprint density at radius 1 is 1.19 bits per heavy atom. The molecule has 3 aromatic heterocycles. The molecule has 0 aromatic carbocycles. The molecule has 1 aliphatic carbocycles. The lowest BCUT2D eigenvalue weighted by atomic mass is 9.91. The van der Waals surface area contributed by atoms with Crippen molar-refractivity contribution in [3.05, 3.63) is 48.5 Å². The number of amides is 4. The van der Waals surface area contributed by atoms with Crippen molar-refractivity contribution in [2.75, 3.05) is 18.4 Å². The lowest BCUT2D eigenvalue weighted by Gasteiger charge is -2.34. The van der Waals surface area contributed by atoms with Crippen molar-refractivity contribution < 1.29 is 23.1 Å². The average molecular weight is 512 g/mol. The molecular formula is C25H27F2N7O3. The van der Waals surface area contributed by atoms with E-state index in [9.17, 15) is 18.4 Å². The highest BCUT2D eigenvalue weighted by molar-refractivity contribution is 6.01. The number of rotatable bonds is 5. The van der Waals surface area contributed by atoms with Gasteiger partial charge in [0.05, 0.1) is 17.6 Å². The van der Waals surface area contributed by atoms with E-state index >= 15 is 0 Å². The predicted molar refractivity (Wildman–Crippen MR) is 131 cm³/mol. The van der Waals surface area contributed by atoms with Crippen LogP contribution in [0.25, 0.3) is 11.3 Å². The molecule has 0 unspecified atom stereocenters. The van der Waals surface area contributed by atoms with Crippen LogP contribution in [0.1, 0.15) is 31.4 Å². The summed E-state index contributed by atoms with van der Waals surface area (Å²) in [6, 6.07) is 5.45. The Morgan fingerprint density at radius 3 is 2.68 bits per heavy atom. The summed E-state index contributed by atoms with van der Waals surface area (Å²) in [7, 11) is 1.83. The smallest absolute Gasteiger partial charge is 0.331 e. The number of hydrogen-bond acceptors (Lipinski definition) is 6. The molecular weight excluding hydrogens is 484 g/mol. The molecule has 1 N–H and O–H groups in total. The first-order chi connectivity index (χ1) is 17.7. The normalized spacial score (nSPS) is 17.8. The first-order valence-corrected chi connectivity index (χ1v) is 12.1. The van der Waals surface area contributed by atoms with Crippen LogP contribution in [0.3, 0.4) is 0 Å². The molecule has 0 atom stereocenters. The number of urea groups is 2. The van der Waals surface area contributed by atoms with Crippen molar-refractivity contribution >= 4 is 17.9 Å². The number of carbonyl (C=O) groups is 2. The summed E-state index contributed by atoms with van der Waals surface area (Å²) in [6.45, 7) is 2.27. The van der Waals surface area contributed by atoms with Gasteiger partial charge in [-0.1, -0.05) is 0 Å². The van der Waals surface area contributed by atoms with Crippen molar-refractivity contribution in [1.82, 2.24) is 29.5 Å². The van der Waals surface area contributed by atoms with Crippen LogP contribution in [0.15, 0.2) is 42.9 Å². The first kappa shape index (κ1) is 24.6. The Labute approximate surface area is 212 Å². The fourth-order valence-electron chi connectivity index (χ4n) is 4.63. The highest BCUT2D eigenvalue weighted by atomic mass is 19.3. The van der Waals surface area contributed by atoms with Gasteiger partial charge in [-0.05, 0) is 38.0 Å². The Kier molecular flexibility index (Phi) is 6.48. The number of hydrogen-bond donors (Lipinski definition) is 1. The summed E-state index contributed by atoms with van der Waals surface area (Å²) in [6.07, 6.45) is 5.20. The summed E-state index contributed by atoms with van der Waals surface area (Å²) in [5.74, 6) is -1.34. The van der Waals surface area contributed by atoms with Gasteiger partial charge in [0.25, 0.3) is 0 Å². The number of aryl methyl sites for hydroxylation is 2. The molecule has 1 saturated carbocycles. The first-order valence-electron chi connectivity index (χ1n) is 12.1. The zero-order valence-electron chi connectivity index (χ0n) is 20.5. The number of alkyl halides is 2. The largest absolute Gasteiger partial charge is 0.455 e. The highest BCUT2D eigenvalue weighted by Crippen LogP contribution is 2.36.